The van der Waals surface area contributed by atoms with Gasteiger partial charge in [0.2, 0.25) is 0 Å². The molecule has 0 aliphatic carbocycles. The van der Waals surface area contributed by atoms with Crippen LogP contribution in [-0.2, 0) is 6.61 Å². The number of hydrogen-bond acceptors (Lipinski definition) is 5. The summed E-state index contributed by atoms with van der Waals surface area (Å²) in [5.41, 5.74) is 0.534. The van der Waals surface area contributed by atoms with E-state index in [1.165, 1.54) is 28.8 Å². The molecule has 0 aliphatic rings. The van der Waals surface area contributed by atoms with E-state index >= 15 is 0 Å². The first-order chi connectivity index (χ1) is 12.2. The fraction of sp³-hybridized carbons (Fsp3) is 0.312. The molecule has 138 valence electrons. The van der Waals surface area contributed by atoms with E-state index in [4.69, 9.17) is 0 Å². The molecule has 2 aromatic heterocycles. The van der Waals surface area contributed by atoms with Crippen molar-refractivity contribution in [2.24, 2.45) is 0 Å². The Kier molecular flexibility index (Phi) is 4.45. The van der Waals surface area contributed by atoms with E-state index < -0.39 is 24.4 Å². The number of aryl methyl sites for hydroxylation is 1. The van der Waals surface area contributed by atoms with Crippen LogP contribution in [0.5, 0.6) is 5.75 Å². The van der Waals surface area contributed by atoms with Crippen LogP contribution in [0.4, 0.5) is 13.2 Å². The zero-order chi connectivity index (χ0) is 19.1. The molecule has 0 bridgehead atoms. The van der Waals surface area contributed by atoms with Crippen LogP contribution in [0.3, 0.4) is 0 Å². The summed E-state index contributed by atoms with van der Waals surface area (Å²) < 4.78 is 42.0. The van der Waals surface area contributed by atoms with Gasteiger partial charge in [-0.2, -0.15) is 5.10 Å². The Morgan fingerprint density at radius 3 is 2.54 bits per heavy atom. The molecule has 0 aliphatic heterocycles. The summed E-state index contributed by atoms with van der Waals surface area (Å²) in [6.45, 7) is 2.94. The largest absolute Gasteiger partial charge is 0.573 e. The molecule has 2 N–H and O–H groups in total. The van der Waals surface area contributed by atoms with Crippen molar-refractivity contribution in [3.05, 3.63) is 57.5 Å². The van der Waals surface area contributed by atoms with Crippen molar-refractivity contribution in [1.29, 1.82) is 0 Å². The number of imidazole rings is 1. The predicted molar refractivity (Wildman–Crippen MR) is 84.9 cm³/mol. The zero-order valence-corrected chi connectivity index (χ0v) is 13.8. The number of hydrogen-bond donors (Lipinski definition) is 2. The third-order valence-corrected chi connectivity index (χ3v) is 3.86. The second-order valence-electron chi connectivity index (χ2n) is 5.71. The average molecular weight is 368 g/mol. The molecule has 0 saturated heterocycles. The number of fused-ring (bicyclic) bond motifs is 1. The lowest BCUT2D eigenvalue weighted by Crippen LogP contribution is -2.17. The first-order valence-electron chi connectivity index (χ1n) is 7.64. The molecule has 10 heteroatoms. The molecule has 0 amide bonds. The lowest BCUT2D eigenvalue weighted by Gasteiger charge is -2.13. The summed E-state index contributed by atoms with van der Waals surface area (Å²) in [7, 11) is 0. The van der Waals surface area contributed by atoms with Crippen molar-refractivity contribution < 1.29 is 23.0 Å². The number of nitrogens with zero attached hydrogens (tertiary/aromatic N) is 3. The number of halogens is 3. The Balaban J connectivity index is 2.02. The summed E-state index contributed by atoms with van der Waals surface area (Å²) in [6.07, 6.45) is -4.76. The van der Waals surface area contributed by atoms with E-state index in [1.54, 1.807) is 13.8 Å². The first-order valence-corrected chi connectivity index (χ1v) is 7.64. The molecule has 7 nitrogen and oxygen atoms in total. The number of aliphatic hydroxyl groups is 1. The lowest BCUT2D eigenvalue weighted by atomic mass is 10.0. The number of aromatic amines is 1. The smallest absolute Gasteiger partial charge is 0.406 e. The Morgan fingerprint density at radius 1 is 1.31 bits per heavy atom. The van der Waals surface area contributed by atoms with Gasteiger partial charge in [-0.05, 0) is 24.6 Å². The van der Waals surface area contributed by atoms with E-state index in [2.05, 4.69) is 19.8 Å². The molecule has 1 aromatic carbocycles. The van der Waals surface area contributed by atoms with Crippen LogP contribution in [0.25, 0.3) is 5.52 Å². The first kappa shape index (κ1) is 17.9. The second-order valence-corrected chi connectivity index (χ2v) is 5.71. The molecule has 2 heterocycles. The summed E-state index contributed by atoms with van der Waals surface area (Å²) in [6, 6.07) is 5.36. The topological polar surface area (TPSA) is 92.5 Å². The Labute approximate surface area is 145 Å². The minimum atomic E-state index is -4.76. The Morgan fingerprint density at radius 2 is 1.96 bits per heavy atom. The van der Waals surface area contributed by atoms with Gasteiger partial charge in [-0.25, -0.2) is 9.50 Å². The highest BCUT2D eigenvalue weighted by Crippen LogP contribution is 2.28. The maximum absolute atomic E-state index is 12.3. The number of ether oxygens (including phenoxy) is 1. The van der Waals surface area contributed by atoms with Gasteiger partial charge in [-0.3, -0.25) is 4.79 Å². The van der Waals surface area contributed by atoms with E-state index in [9.17, 15) is 23.1 Å². The highest BCUT2D eigenvalue weighted by molar-refractivity contribution is 5.51. The molecule has 0 spiro atoms. The molecule has 0 saturated carbocycles. The van der Waals surface area contributed by atoms with Crippen molar-refractivity contribution >= 4 is 5.52 Å². The van der Waals surface area contributed by atoms with E-state index in [0.29, 0.717) is 17.2 Å². The van der Waals surface area contributed by atoms with Gasteiger partial charge in [-0.15, -0.1) is 13.2 Å². The number of benzene rings is 1. The molecule has 26 heavy (non-hydrogen) atoms. The van der Waals surface area contributed by atoms with Crippen molar-refractivity contribution in [2.45, 2.75) is 32.7 Å². The van der Waals surface area contributed by atoms with Crippen LogP contribution in [0.15, 0.2) is 29.1 Å². The van der Waals surface area contributed by atoms with Crippen LogP contribution in [0.1, 0.15) is 35.7 Å². The molecule has 0 radical (unpaired) electrons. The van der Waals surface area contributed by atoms with E-state index in [-0.39, 0.29) is 17.0 Å². The number of aromatic nitrogens is 4. The minimum absolute atomic E-state index is 0.136. The highest BCUT2D eigenvalue weighted by atomic mass is 19.4. The standard InChI is InChI=1S/C16H15F3N4O3/c1-8(10-3-5-11(6-4-10)26-16(17,18)19)14-21-12(7-24)13-15(25)20-9(2)22-23(13)14/h3-6,8,24H,7H2,1-2H3,(H,20,22,25)/t8-/m1/s1. The maximum Gasteiger partial charge on any atom is 0.573 e. The van der Waals surface area contributed by atoms with Crippen LogP contribution in [0.2, 0.25) is 0 Å². The quantitative estimate of drug-likeness (QED) is 0.737. The number of aliphatic hydroxyl groups excluding tert-OH is 1. The van der Waals surface area contributed by atoms with Crippen molar-refractivity contribution in [3.63, 3.8) is 0 Å². The van der Waals surface area contributed by atoms with Gasteiger partial charge < -0.3 is 14.8 Å². The second kappa shape index (κ2) is 6.45. The molecule has 3 rings (SSSR count). The van der Waals surface area contributed by atoms with Crippen molar-refractivity contribution in [3.8, 4) is 5.75 Å². The molecular formula is C16H15F3N4O3. The third kappa shape index (κ3) is 3.40. The van der Waals surface area contributed by atoms with Gasteiger partial charge in [0, 0.05) is 5.92 Å². The minimum Gasteiger partial charge on any atom is -0.406 e. The molecular weight excluding hydrogens is 353 g/mol. The molecule has 0 unspecified atom stereocenters. The molecule has 3 aromatic rings. The number of alkyl halides is 3. The van der Waals surface area contributed by atoms with Crippen LogP contribution in [0, 0.1) is 6.92 Å². The summed E-state index contributed by atoms with van der Waals surface area (Å²) in [4.78, 5) is 19.0. The maximum atomic E-state index is 12.3. The Hall–Kier alpha value is -2.88. The summed E-state index contributed by atoms with van der Waals surface area (Å²) in [5.74, 6) is 0.0360. The van der Waals surface area contributed by atoms with Crippen LogP contribution >= 0.6 is 0 Å². The van der Waals surface area contributed by atoms with Gasteiger partial charge in [0.05, 0.1) is 12.3 Å². The molecule has 1 atom stereocenters. The van der Waals surface area contributed by atoms with Gasteiger partial charge >= 0.3 is 6.36 Å². The average Bonchev–Trinajstić information content (AvgIpc) is 2.92. The fourth-order valence-electron chi connectivity index (χ4n) is 2.70. The number of nitrogens with one attached hydrogen (secondary N) is 1. The highest BCUT2D eigenvalue weighted by Gasteiger charge is 2.31. The number of rotatable bonds is 4. The normalized spacial score (nSPS) is 13.2. The van der Waals surface area contributed by atoms with Gasteiger partial charge in [0.25, 0.3) is 5.56 Å². The lowest BCUT2D eigenvalue weighted by molar-refractivity contribution is -0.274. The van der Waals surface area contributed by atoms with Crippen LogP contribution < -0.4 is 10.3 Å². The van der Waals surface area contributed by atoms with Gasteiger partial charge in [0.15, 0.2) is 5.52 Å². The molecule has 0 fully saturated rings. The summed E-state index contributed by atoms with van der Waals surface area (Å²) >= 11 is 0. The SMILES string of the molecule is Cc1nn2c([C@H](C)c3ccc(OC(F)(F)F)cc3)nc(CO)c2c(=O)[nH]1. The van der Waals surface area contributed by atoms with Gasteiger partial charge in [-0.1, -0.05) is 19.1 Å². The van der Waals surface area contributed by atoms with Gasteiger partial charge in [0.1, 0.15) is 17.4 Å². The van der Waals surface area contributed by atoms with Crippen molar-refractivity contribution in [2.75, 3.05) is 0 Å². The predicted octanol–water partition coefficient (Wildman–Crippen LogP) is 2.27. The summed E-state index contributed by atoms with van der Waals surface area (Å²) in [5, 5.41) is 13.7. The fourth-order valence-corrected chi connectivity index (χ4v) is 2.70. The number of H-pyrrole nitrogens is 1. The Bertz CT molecular complexity index is 993. The van der Waals surface area contributed by atoms with Crippen LogP contribution in [-0.4, -0.2) is 31.1 Å². The monoisotopic (exact) mass is 368 g/mol. The van der Waals surface area contributed by atoms with E-state index in [1.807, 2.05) is 0 Å². The zero-order valence-electron chi connectivity index (χ0n) is 13.8. The van der Waals surface area contributed by atoms with Crippen molar-refractivity contribution in [1.82, 2.24) is 19.6 Å². The van der Waals surface area contributed by atoms with E-state index in [0.717, 1.165) is 0 Å². The third-order valence-electron chi connectivity index (χ3n) is 3.86.